The van der Waals surface area contributed by atoms with Gasteiger partial charge in [-0.05, 0) is 33.1 Å². The van der Waals surface area contributed by atoms with Crippen LogP contribution in [0.2, 0.25) is 0 Å². The topological polar surface area (TPSA) is 88.1 Å². The summed E-state index contributed by atoms with van der Waals surface area (Å²) in [5.74, 6) is -1.04. The lowest BCUT2D eigenvalue weighted by Gasteiger charge is -2.38. The Balaban J connectivity index is 1.86. The van der Waals surface area contributed by atoms with Crippen LogP contribution < -0.4 is 5.43 Å². The van der Waals surface area contributed by atoms with E-state index in [1.165, 1.54) is 0 Å². The number of rotatable bonds is 3. The molecule has 1 saturated heterocycles. The molecule has 2 unspecified atom stereocenters. The van der Waals surface area contributed by atoms with Crippen molar-refractivity contribution < 1.29 is 19.1 Å². The molecule has 0 aliphatic carbocycles. The molecule has 2 amide bonds. The molecule has 0 aromatic rings. The van der Waals surface area contributed by atoms with Crippen molar-refractivity contribution in [3.05, 3.63) is 0 Å². The van der Waals surface area contributed by atoms with E-state index in [1.807, 2.05) is 13.8 Å². The summed E-state index contributed by atoms with van der Waals surface area (Å²) < 4.78 is 5.02. The Morgan fingerprint density at radius 2 is 1.95 bits per heavy atom. The minimum absolute atomic E-state index is 0.155. The van der Waals surface area contributed by atoms with E-state index in [4.69, 9.17) is 4.74 Å². The Hall–Kier alpha value is -1.92. The fourth-order valence-corrected chi connectivity index (χ4v) is 2.82. The van der Waals surface area contributed by atoms with Crippen molar-refractivity contribution in [2.45, 2.75) is 58.0 Å². The van der Waals surface area contributed by atoms with Crippen molar-refractivity contribution >= 4 is 23.5 Å². The van der Waals surface area contributed by atoms with Crippen molar-refractivity contribution in [3.8, 4) is 0 Å². The van der Waals surface area contributed by atoms with E-state index in [0.717, 1.165) is 19.3 Å². The molecule has 1 N–H and O–H groups in total. The summed E-state index contributed by atoms with van der Waals surface area (Å²) in [6.07, 6.45) is 3.52. The second-order valence-electron chi connectivity index (χ2n) is 5.60. The summed E-state index contributed by atoms with van der Waals surface area (Å²) in [5.41, 5.74) is 2.39. The number of nitrogens with one attached hydrogen (secondary N) is 1. The number of nitrogens with zero attached hydrogens (tertiary/aromatic N) is 2. The van der Waals surface area contributed by atoms with Gasteiger partial charge in [-0.3, -0.25) is 9.59 Å². The van der Waals surface area contributed by atoms with Crippen LogP contribution in [0.1, 0.15) is 46.0 Å². The number of hydrazone groups is 1. The maximum atomic E-state index is 12.2. The summed E-state index contributed by atoms with van der Waals surface area (Å²) in [5, 5.41) is 3.65. The van der Waals surface area contributed by atoms with E-state index in [0.29, 0.717) is 0 Å². The highest BCUT2D eigenvalue weighted by Crippen LogP contribution is 2.22. The van der Waals surface area contributed by atoms with Gasteiger partial charge in [-0.15, -0.1) is 0 Å². The van der Waals surface area contributed by atoms with E-state index >= 15 is 0 Å². The molecule has 2 aliphatic heterocycles. The number of amides is 2. The summed E-state index contributed by atoms with van der Waals surface area (Å²) in [6, 6.07) is 0.345. The Kier molecular flexibility index (Phi) is 4.93. The lowest BCUT2D eigenvalue weighted by Crippen LogP contribution is -2.49. The van der Waals surface area contributed by atoms with Gasteiger partial charge in [0.15, 0.2) is 6.61 Å². The van der Waals surface area contributed by atoms with Crippen LogP contribution in [-0.4, -0.2) is 47.1 Å². The molecule has 2 aliphatic rings. The van der Waals surface area contributed by atoms with Gasteiger partial charge in [-0.2, -0.15) is 5.10 Å². The van der Waals surface area contributed by atoms with Crippen LogP contribution >= 0.6 is 0 Å². The fourth-order valence-electron chi connectivity index (χ4n) is 2.82. The number of carbonyl (C=O) groups is 3. The number of esters is 1. The molecule has 116 valence electrons. The molecule has 0 radical (unpaired) electrons. The third-order valence-corrected chi connectivity index (χ3v) is 3.95. The number of piperidine rings is 1. The van der Waals surface area contributed by atoms with Crippen molar-refractivity contribution in [2.24, 2.45) is 5.10 Å². The molecule has 0 aromatic heterocycles. The van der Waals surface area contributed by atoms with Gasteiger partial charge >= 0.3 is 5.97 Å². The van der Waals surface area contributed by atoms with Crippen LogP contribution in [0.5, 0.6) is 0 Å². The Morgan fingerprint density at radius 3 is 2.52 bits per heavy atom. The van der Waals surface area contributed by atoms with Crippen LogP contribution in [0.4, 0.5) is 0 Å². The monoisotopic (exact) mass is 295 g/mol. The predicted octanol–water partition coefficient (Wildman–Crippen LogP) is 0.585. The third kappa shape index (κ3) is 3.80. The average Bonchev–Trinajstić information content (AvgIpc) is 2.45. The van der Waals surface area contributed by atoms with Crippen LogP contribution in [0.3, 0.4) is 0 Å². The third-order valence-electron chi connectivity index (χ3n) is 3.95. The molecular formula is C14H21N3O4. The first-order valence-electron chi connectivity index (χ1n) is 7.32. The summed E-state index contributed by atoms with van der Waals surface area (Å²) in [7, 11) is 0. The number of carbonyl (C=O) groups excluding carboxylic acids is 3. The molecule has 1 fully saturated rings. The van der Waals surface area contributed by atoms with Crippen molar-refractivity contribution in [2.75, 3.05) is 6.61 Å². The molecule has 0 saturated carbocycles. The SMILES string of the molecule is CC1CCCC(C)N1C(=O)COC(=O)C1=NNC(=O)CC1. The molecule has 2 rings (SSSR count). The molecule has 2 atom stereocenters. The van der Waals surface area contributed by atoms with Gasteiger partial charge in [0.2, 0.25) is 5.91 Å². The van der Waals surface area contributed by atoms with Gasteiger partial charge in [0, 0.05) is 24.9 Å². The first-order valence-corrected chi connectivity index (χ1v) is 7.32. The molecule has 7 heteroatoms. The zero-order valence-corrected chi connectivity index (χ0v) is 12.4. The van der Waals surface area contributed by atoms with Gasteiger partial charge in [0.05, 0.1) is 0 Å². The van der Waals surface area contributed by atoms with E-state index in [2.05, 4.69) is 10.5 Å². The summed E-state index contributed by atoms with van der Waals surface area (Å²) >= 11 is 0. The Labute approximate surface area is 123 Å². The molecule has 21 heavy (non-hydrogen) atoms. The van der Waals surface area contributed by atoms with Crippen LogP contribution in [0.15, 0.2) is 5.10 Å². The highest BCUT2D eigenvalue weighted by atomic mass is 16.5. The van der Waals surface area contributed by atoms with Crippen molar-refractivity contribution in [1.29, 1.82) is 0 Å². The lowest BCUT2D eigenvalue weighted by molar-refractivity contribution is -0.150. The maximum Gasteiger partial charge on any atom is 0.355 e. The highest BCUT2D eigenvalue weighted by Gasteiger charge is 2.30. The van der Waals surface area contributed by atoms with Crippen LogP contribution in [-0.2, 0) is 19.1 Å². The van der Waals surface area contributed by atoms with Crippen molar-refractivity contribution in [3.63, 3.8) is 0 Å². The maximum absolute atomic E-state index is 12.2. The van der Waals surface area contributed by atoms with E-state index < -0.39 is 5.97 Å². The molecule has 0 aromatic carbocycles. The fraction of sp³-hybridized carbons (Fsp3) is 0.714. The first-order chi connectivity index (χ1) is 9.99. The second-order valence-corrected chi connectivity index (χ2v) is 5.60. The van der Waals surface area contributed by atoms with Gasteiger partial charge in [0.25, 0.3) is 5.91 Å². The lowest BCUT2D eigenvalue weighted by atomic mass is 9.97. The highest BCUT2D eigenvalue weighted by molar-refractivity contribution is 6.37. The standard InChI is InChI=1S/C14H21N3O4/c1-9-4-3-5-10(2)17(9)13(19)8-21-14(20)11-6-7-12(18)16-15-11/h9-10H,3-8H2,1-2H3,(H,16,18). The zero-order chi connectivity index (χ0) is 15.4. The van der Waals surface area contributed by atoms with Gasteiger partial charge in [0.1, 0.15) is 5.71 Å². The van der Waals surface area contributed by atoms with Crippen molar-refractivity contribution in [1.82, 2.24) is 10.3 Å². The number of likely N-dealkylation sites (tertiary alicyclic amines) is 1. The molecule has 0 spiro atoms. The summed E-state index contributed by atoms with van der Waals surface area (Å²) in [6.45, 7) is 3.74. The van der Waals surface area contributed by atoms with Gasteiger partial charge in [-0.1, -0.05) is 0 Å². The molecule has 2 heterocycles. The Morgan fingerprint density at radius 1 is 1.29 bits per heavy atom. The van der Waals surface area contributed by atoms with Crippen LogP contribution in [0.25, 0.3) is 0 Å². The van der Waals surface area contributed by atoms with E-state index in [1.54, 1.807) is 4.90 Å². The van der Waals surface area contributed by atoms with Gasteiger partial charge < -0.3 is 9.64 Å². The predicted molar refractivity (Wildman–Crippen MR) is 75.4 cm³/mol. The minimum Gasteiger partial charge on any atom is -0.451 e. The zero-order valence-electron chi connectivity index (χ0n) is 12.4. The summed E-state index contributed by atoms with van der Waals surface area (Å²) in [4.78, 5) is 36.7. The minimum atomic E-state index is -0.638. The molecule has 0 bridgehead atoms. The van der Waals surface area contributed by atoms with Crippen LogP contribution in [0, 0.1) is 0 Å². The van der Waals surface area contributed by atoms with E-state index in [-0.39, 0.29) is 49.1 Å². The quantitative estimate of drug-likeness (QED) is 0.772. The Bertz CT molecular complexity index is 465. The molecular weight excluding hydrogens is 274 g/mol. The smallest absolute Gasteiger partial charge is 0.355 e. The van der Waals surface area contributed by atoms with E-state index in [9.17, 15) is 14.4 Å². The average molecular weight is 295 g/mol. The number of hydrogen-bond donors (Lipinski definition) is 1. The largest absolute Gasteiger partial charge is 0.451 e. The normalized spacial score (nSPS) is 25.9. The second kappa shape index (κ2) is 6.69. The molecule has 7 nitrogen and oxygen atoms in total. The first kappa shape index (κ1) is 15.5. The number of ether oxygens (including phenoxy) is 1. The van der Waals surface area contributed by atoms with Gasteiger partial charge in [-0.25, -0.2) is 10.2 Å². The number of hydrogen-bond acceptors (Lipinski definition) is 5.